The third-order valence-corrected chi connectivity index (χ3v) is 1.63. The van der Waals surface area contributed by atoms with Crippen LogP contribution in [0.4, 0.5) is 0 Å². The second-order valence-corrected chi connectivity index (χ2v) is 2.81. The molecule has 0 unspecified atom stereocenters. The highest BCUT2D eigenvalue weighted by molar-refractivity contribution is 4.46. The normalized spacial score (nSPS) is 10.2. The quantitative estimate of drug-likeness (QED) is 0.540. The van der Waals surface area contributed by atoms with Gasteiger partial charge in [-0.15, -0.1) is 0 Å². The van der Waals surface area contributed by atoms with Crippen LogP contribution >= 0.6 is 0 Å². The van der Waals surface area contributed by atoms with Crippen molar-refractivity contribution in [2.24, 2.45) is 0 Å². The van der Waals surface area contributed by atoms with Gasteiger partial charge in [0.15, 0.2) is 0 Å². The van der Waals surface area contributed by atoms with Crippen LogP contribution in [-0.2, 0) is 0 Å². The van der Waals surface area contributed by atoms with Crippen molar-refractivity contribution in [3.8, 4) is 0 Å². The number of hydrogen-bond donors (Lipinski definition) is 1. The highest BCUT2D eigenvalue weighted by Crippen LogP contribution is 1.96. The van der Waals surface area contributed by atoms with Crippen LogP contribution in [-0.4, -0.2) is 13.1 Å². The average Bonchev–Trinajstić information content (AvgIpc) is 1.97. The standard InChI is InChI=1S/C9H21N/c1-3-5-6-7-9-10-8-4-2/h10H,3-9H2,1-2H3. The molecule has 0 fully saturated rings. The molecule has 1 nitrogen and oxygen atoms in total. The fourth-order valence-corrected chi connectivity index (χ4v) is 0.979. The van der Waals surface area contributed by atoms with Crippen molar-refractivity contribution in [3.63, 3.8) is 0 Å². The van der Waals surface area contributed by atoms with Crippen LogP contribution in [0.2, 0.25) is 0 Å². The summed E-state index contributed by atoms with van der Waals surface area (Å²) in [6.07, 6.45) is 6.75. The fourth-order valence-electron chi connectivity index (χ4n) is 0.979. The molecule has 0 amide bonds. The Labute approximate surface area is 65.2 Å². The van der Waals surface area contributed by atoms with Crippen LogP contribution in [0.1, 0.15) is 46.0 Å². The van der Waals surface area contributed by atoms with E-state index in [2.05, 4.69) is 19.2 Å². The highest BCUT2D eigenvalue weighted by atomic mass is 14.8. The fraction of sp³-hybridized carbons (Fsp3) is 1.00. The van der Waals surface area contributed by atoms with Gasteiger partial charge in [0.1, 0.15) is 0 Å². The van der Waals surface area contributed by atoms with Crippen molar-refractivity contribution in [2.75, 3.05) is 13.1 Å². The van der Waals surface area contributed by atoms with Crippen LogP contribution in [0.3, 0.4) is 0 Å². The lowest BCUT2D eigenvalue weighted by Crippen LogP contribution is -2.15. The molecule has 0 aromatic carbocycles. The Balaban J connectivity index is 2.65. The number of hydrogen-bond acceptors (Lipinski definition) is 1. The van der Waals surface area contributed by atoms with E-state index in [0.29, 0.717) is 0 Å². The highest BCUT2D eigenvalue weighted by Gasteiger charge is 1.85. The molecule has 0 bridgehead atoms. The minimum atomic E-state index is 1.19. The molecule has 0 aliphatic rings. The van der Waals surface area contributed by atoms with Gasteiger partial charge in [0, 0.05) is 0 Å². The molecule has 0 saturated heterocycles. The van der Waals surface area contributed by atoms with Crippen molar-refractivity contribution in [1.82, 2.24) is 5.32 Å². The van der Waals surface area contributed by atoms with E-state index in [1.165, 1.54) is 45.2 Å². The van der Waals surface area contributed by atoms with Crippen LogP contribution in [0.15, 0.2) is 0 Å². The molecule has 0 atom stereocenters. The maximum absolute atomic E-state index is 3.39. The first-order valence-corrected chi connectivity index (χ1v) is 4.62. The van der Waals surface area contributed by atoms with Crippen LogP contribution in [0.25, 0.3) is 0 Å². The van der Waals surface area contributed by atoms with E-state index in [0.717, 1.165) is 0 Å². The van der Waals surface area contributed by atoms with Gasteiger partial charge in [-0.05, 0) is 25.9 Å². The molecular weight excluding hydrogens is 122 g/mol. The molecule has 0 saturated carbocycles. The zero-order valence-electron chi connectivity index (χ0n) is 7.45. The molecule has 0 rings (SSSR count). The van der Waals surface area contributed by atoms with Crippen molar-refractivity contribution < 1.29 is 0 Å². The molecule has 0 aliphatic heterocycles. The first-order valence-electron chi connectivity index (χ1n) is 4.62. The molecule has 0 heterocycles. The molecule has 1 N–H and O–H groups in total. The smallest absolute Gasteiger partial charge is 0.00489 e. The number of nitrogens with one attached hydrogen (secondary N) is 1. The second-order valence-electron chi connectivity index (χ2n) is 2.81. The Bertz CT molecular complexity index is 44.7. The average molecular weight is 143 g/mol. The van der Waals surface area contributed by atoms with E-state index in [1.807, 2.05) is 0 Å². The topological polar surface area (TPSA) is 12.0 Å². The summed E-state index contributed by atoms with van der Waals surface area (Å²) in [6.45, 7) is 6.86. The van der Waals surface area contributed by atoms with E-state index < -0.39 is 0 Å². The van der Waals surface area contributed by atoms with Crippen LogP contribution in [0, 0.1) is 0 Å². The summed E-state index contributed by atoms with van der Waals surface area (Å²) < 4.78 is 0. The van der Waals surface area contributed by atoms with Gasteiger partial charge in [-0.2, -0.15) is 0 Å². The predicted molar refractivity (Wildman–Crippen MR) is 47.3 cm³/mol. The Morgan fingerprint density at radius 2 is 1.60 bits per heavy atom. The summed E-state index contributed by atoms with van der Waals surface area (Å²) in [5.74, 6) is 0. The Hall–Kier alpha value is -0.0400. The molecule has 10 heavy (non-hydrogen) atoms. The lowest BCUT2D eigenvalue weighted by molar-refractivity contribution is 0.594. The minimum absolute atomic E-state index is 1.19. The molecule has 0 radical (unpaired) electrons. The Kier molecular flexibility index (Phi) is 8.92. The van der Waals surface area contributed by atoms with E-state index in [1.54, 1.807) is 0 Å². The number of unbranched alkanes of at least 4 members (excludes halogenated alkanes) is 3. The minimum Gasteiger partial charge on any atom is -0.317 e. The van der Waals surface area contributed by atoms with Crippen molar-refractivity contribution in [2.45, 2.75) is 46.0 Å². The molecule has 0 aromatic heterocycles. The first-order chi connectivity index (χ1) is 4.91. The van der Waals surface area contributed by atoms with Crippen molar-refractivity contribution in [1.29, 1.82) is 0 Å². The van der Waals surface area contributed by atoms with Crippen LogP contribution < -0.4 is 5.32 Å². The van der Waals surface area contributed by atoms with E-state index in [4.69, 9.17) is 0 Å². The van der Waals surface area contributed by atoms with Crippen molar-refractivity contribution >= 4 is 0 Å². The van der Waals surface area contributed by atoms with Gasteiger partial charge in [-0.1, -0.05) is 33.1 Å². The zero-order chi connectivity index (χ0) is 7.66. The van der Waals surface area contributed by atoms with E-state index in [-0.39, 0.29) is 0 Å². The van der Waals surface area contributed by atoms with Gasteiger partial charge in [0.2, 0.25) is 0 Å². The first kappa shape index (κ1) is 9.96. The monoisotopic (exact) mass is 143 g/mol. The lowest BCUT2D eigenvalue weighted by atomic mass is 10.2. The van der Waals surface area contributed by atoms with Gasteiger partial charge in [0.05, 0.1) is 0 Å². The Morgan fingerprint density at radius 3 is 2.20 bits per heavy atom. The van der Waals surface area contributed by atoms with Gasteiger partial charge in [0.25, 0.3) is 0 Å². The third-order valence-electron chi connectivity index (χ3n) is 1.63. The summed E-state index contributed by atoms with van der Waals surface area (Å²) in [6, 6.07) is 0. The second kappa shape index (κ2) is 8.96. The maximum atomic E-state index is 3.39. The summed E-state index contributed by atoms with van der Waals surface area (Å²) in [7, 11) is 0. The van der Waals surface area contributed by atoms with Gasteiger partial charge >= 0.3 is 0 Å². The predicted octanol–water partition coefficient (Wildman–Crippen LogP) is 2.57. The van der Waals surface area contributed by atoms with Gasteiger partial charge in [-0.3, -0.25) is 0 Å². The third kappa shape index (κ3) is 7.96. The summed E-state index contributed by atoms with van der Waals surface area (Å²) >= 11 is 0. The Morgan fingerprint density at radius 1 is 0.800 bits per heavy atom. The molecule has 1 heteroatoms. The summed E-state index contributed by atoms with van der Waals surface area (Å²) in [4.78, 5) is 0. The maximum Gasteiger partial charge on any atom is -0.00489 e. The summed E-state index contributed by atoms with van der Waals surface area (Å²) in [5.41, 5.74) is 0. The van der Waals surface area contributed by atoms with Crippen LogP contribution in [0.5, 0.6) is 0 Å². The zero-order valence-corrected chi connectivity index (χ0v) is 7.45. The molecular formula is C9H21N. The molecule has 0 spiro atoms. The molecule has 62 valence electrons. The van der Waals surface area contributed by atoms with Gasteiger partial charge < -0.3 is 5.32 Å². The number of rotatable bonds is 7. The van der Waals surface area contributed by atoms with E-state index in [9.17, 15) is 0 Å². The SMILES string of the molecule is CCCCCCNCCC. The summed E-state index contributed by atoms with van der Waals surface area (Å²) in [5, 5.41) is 3.39. The lowest BCUT2D eigenvalue weighted by Gasteiger charge is -2.00. The van der Waals surface area contributed by atoms with Crippen molar-refractivity contribution in [3.05, 3.63) is 0 Å². The molecule has 0 aromatic rings. The van der Waals surface area contributed by atoms with E-state index >= 15 is 0 Å². The van der Waals surface area contributed by atoms with Gasteiger partial charge in [-0.25, -0.2) is 0 Å². The molecule has 0 aliphatic carbocycles. The largest absolute Gasteiger partial charge is 0.317 e.